The lowest BCUT2D eigenvalue weighted by atomic mass is 10.1. The van der Waals surface area contributed by atoms with Crippen LogP contribution in [0, 0.1) is 0 Å². The lowest BCUT2D eigenvalue weighted by Crippen LogP contribution is -2.20. The SMILES string of the molecule is C1=C[C@@H](O[C@H]2CCCO2)CCC1. The van der Waals surface area contributed by atoms with Gasteiger partial charge in [0.05, 0.1) is 6.10 Å². The molecule has 0 radical (unpaired) electrons. The minimum Gasteiger partial charge on any atom is -0.353 e. The van der Waals surface area contributed by atoms with Crippen molar-refractivity contribution in [1.82, 2.24) is 0 Å². The molecule has 0 aromatic heterocycles. The lowest BCUT2D eigenvalue weighted by Gasteiger charge is -2.20. The second-order valence-corrected chi connectivity index (χ2v) is 3.48. The Morgan fingerprint density at radius 2 is 2.25 bits per heavy atom. The lowest BCUT2D eigenvalue weighted by molar-refractivity contribution is -0.133. The van der Waals surface area contributed by atoms with E-state index in [9.17, 15) is 0 Å². The van der Waals surface area contributed by atoms with Gasteiger partial charge in [0.25, 0.3) is 0 Å². The van der Waals surface area contributed by atoms with Crippen LogP contribution in [-0.4, -0.2) is 19.0 Å². The summed E-state index contributed by atoms with van der Waals surface area (Å²) in [5.74, 6) is 0. The molecule has 0 aromatic carbocycles. The Labute approximate surface area is 73.5 Å². The molecule has 2 heteroatoms. The van der Waals surface area contributed by atoms with Crippen LogP contribution < -0.4 is 0 Å². The molecule has 1 fully saturated rings. The minimum absolute atomic E-state index is 0.0812. The molecule has 1 aliphatic heterocycles. The average Bonchev–Trinajstić information content (AvgIpc) is 2.59. The predicted molar refractivity (Wildman–Crippen MR) is 46.8 cm³/mol. The molecule has 0 bridgehead atoms. The Morgan fingerprint density at radius 3 is 2.92 bits per heavy atom. The Bertz CT molecular complexity index is 159. The van der Waals surface area contributed by atoms with Crippen LogP contribution in [0.1, 0.15) is 32.1 Å². The molecule has 1 saturated heterocycles. The summed E-state index contributed by atoms with van der Waals surface area (Å²) >= 11 is 0. The number of hydrogen-bond acceptors (Lipinski definition) is 2. The summed E-state index contributed by atoms with van der Waals surface area (Å²) in [7, 11) is 0. The first-order valence-electron chi connectivity index (χ1n) is 4.89. The maximum Gasteiger partial charge on any atom is 0.158 e. The van der Waals surface area contributed by atoms with E-state index in [1.807, 2.05) is 0 Å². The maximum absolute atomic E-state index is 5.74. The highest BCUT2D eigenvalue weighted by Gasteiger charge is 2.20. The third kappa shape index (κ3) is 2.08. The fourth-order valence-corrected chi connectivity index (χ4v) is 1.74. The molecule has 2 atom stereocenters. The minimum atomic E-state index is 0.0812. The molecule has 2 rings (SSSR count). The molecule has 1 heterocycles. The summed E-state index contributed by atoms with van der Waals surface area (Å²) < 4.78 is 11.1. The van der Waals surface area contributed by atoms with Gasteiger partial charge >= 0.3 is 0 Å². The topological polar surface area (TPSA) is 18.5 Å². The first kappa shape index (κ1) is 8.27. The third-order valence-electron chi connectivity index (χ3n) is 2.42. The fourth-order valence-electron chi connectivity index (χ4n) is 1.74. The molecule has 12 heavy (non-hydrogen) atoms. The number of rotatable bonds is 2. The van der Waals surface area contributed by atoms with Crippen molar-refractivity contribution in [2.45, 2.75) is 44.5 Å². The first-order chi connectivity index (χ1) is 5.95. The van der Waals surface area contributed by atoms with E-state index in [1.54, 1.807) is 0 Å². The van der Waals surface area contributed by atoms with Gasteiger partial charge in [0.15, 0.2) is 6.29 Å². The van der Waals surface area contributed by atoms with Crippen LogP contribution in [0.5, 0.6) is 0 Å². The largest absolute Gasteiger partial charge is 0.353 e. The van der Waals surface area contributed by atoms with E-state index in [2.05, 4.69) is 12.2 Å². The highest BCUT2D eigenvalue weighted by atomic mass is 16.7. The zero-order chi connectivity index (χ0) is 8.23. The number of hydrogen-bond donors (Lipinski definition) is 0. The van der Waals surface area contributed by atoms with Gasteiger partial charge in [0.1, 0.15) is 0 Å². The van der Waals surface area contributed by atoms with Crippen molar-refractivity contribution >= 4 is 0 Å². The van der Waals surface area contributed by atoms with Crippen molar-refractivity contribution in [2.75, 3.05) is 6.61 Å². The van der Waals surface area contributed by atoms with E-state index < -0.39 is 0 Å². The van der Waals surface area contributed by atoms with Crippen LogP contribution in [0.15, 0.2) is 12.2 Å². The molecule has 0 N–H and O–H groups in total. The van der Waals surface area contributed by atoms with E-state index in [0.29, 0.717) is 6.10 Å². The van der Waals surface area contributed by atoms with E-state index in [4.69, 9.17) is 9.47 Å². The molecular formula is C10H16O2. The molecule has 0 saturated carbocycles. The molecule has 68 valence electrons. The van der Waals surface area contributed by atoms with E-state index >= 15 is 0 Å². The van der Waals surface area contributed by atoms with Gasteiger partial charge < -0.3 is 9.47 Å². The van der Waals surface area contributed by atoms with Crippen LogP contribution in [0.2, 0.25) is 0 Å². The Balaban J connectivity index is 1.77. The van der Waals surface area contributed by atoms with Gasteiger partial charge in [-0.05, 0) is 25.7 Å². The van der Waals surface area contributed by atoms with Gasteiger partial charge in [0, 0.05) is 13.0 Å². The second kappa shape index (κ2) is 4.06. The highest BCUT2D eigenvalue weighted by Crippen LogP contribution is 2.20. The smallest absolute Gasteiger partial charge is 0.158 e. The van der Waals surface area contributed by atoms with Gasteiger partial charge in [-0.2, -0.15) is 0 Å². The van der Waals surface area contributed by atoms with E-state index in [1.165, 1.54) is 12.8 Å². The van der Waals surface area contributed by atoms with Gasteiger partial charge in [-0.15, -0.1) is 0 Å². The summed E-state index contributed by atoms with van der Waals surface area (Å²) in [4.78, 5) is 0. The summed E-state index contributed by atoms with van der Waals surface area (Å²) in [5, 5.41) is 0. The van der Waals surface area contributed by atoms with Crippen molar-refractivity contribution in [1.29, 1.82) is 0 Å². The average molecular weight is 168 g/mol. The monoisotopic (exact) mass is 168 g/mol. The van der Waals surface area contributed by atoms with Crippen LogP contribution in [0.25, 0.3) is 0 Å². The quantitative estimate of drug-likeness (QED) is 0.589. The van der Waals surface area contributed by atoms with Crippen LogP contribution >= 0.6 is 0 Å². The van der Waals surface area contributed by atoms with Crippen molar-refractivity contribution in [3.63, 3.8) is 0 Å². The van der Waals surface area contributed by atoms with E-state index in [0.717, 1.165) is 25.9 Å². The van der Waals surface area contributed by atoms with Gasteiger partial charge in [-0.25, -0.2) is 0 Å². The predicted octanol–water partition coefficient (Wildman–Crippen LogP) is 2.25. The van der Waals surface area contributed by atoms with Gasteiger partial charge in [-0.1, -0.05) is 12.2 Å². The first-order valence-corrected chi connectivity index (χ1v) is 4.89. The molecular weight excluding hydrogens is 152 g/mol. The molecule has 2 aliphatic rings. The Morgan fingerprint density at radius 1 is 1.25 bits per heavy atom. The maximum atomic E-state index is 5.74. The molecule has 0 aromatic rings. The van der Waals surface area contributed by atoms with Crippen molar-refractivity contribution in [3.05, 3.63) is 12.2 Å². The summed E-state index contributed by atoms with van der Waals surface area (Å²) in [5.41, 5.74) is 0. The highest BCUT2D eigenvalue weighted by molar-refractivity contribution is 4.94. The van der Waals surface area contributed by atoms with Crippen LogP contribution in [-0.2, 0) is 9.47 Å². The van der Waals surface area contributed by atoms with Crippen molar-refractivity contribution < 1.29 is 9.47 Å². The summed E-state index contributed by atoms with van der Waals surface area (Å²) in [6.07, 6.45) is 10.6. The van der Waals surface area contributed by atoms with Crippen molar-refractivity contribution in [3.8, 4) is 0 Å². The van der Waals surface area contributed by atoms with E-state index in [-0.39, 0.29) is 6.29 Å². The molecule has 1 aliphatic carbocycles. The van der Waals surface area contributed by atoms with Crippen molar-refractivity contribution in [2.24, 2.45) is 0 Å². The van der Waals surface area contributed by atoms with Crippen LogP contribution in [0.3, 0.4) is 0 Å². The van der Waals surface area contributed by atoms with Gasteiger partial charge in [0.2, 0.25) is 0 Å². The summed E-state index contributed by atoms with van der Waals surface area (Å²) in [6, 6.07) is 0. The molecule has 0 unspecified atom stereocenters. The van der Waals surface area contributed by atoms with Gasteiger partial charge in [-0.3, -0.25) is 0 Å². The third-order valence-corrected chi connectivity index (χ3v) is 2.42. The Kier molecular flexibility index (Phi) is 2.79. The van der Waals surface area contributed by atoms with Crippen LogP contribution in [0.4, 0.5) is 0 Å². The molecule has 0 spiro atoms. The molecule has 2 nitrogen and oxygen atoms in total. The number of allylic oxidation sites excluding steroid dienone is 1. The number of ether oxygens (including phenoxy) is 2. The second-order valence-electron chi connectivity index (χ2n) is 3.48. The normalized spacial score (nSPS) is 35.7. The zero-order valence-corrected chi connectivity index (χ0v) is 7.37. The molecule has 0 amide bonds. The zero-order valence-electron chi connectivity index (χ0n) is 7.37. The fraction of sp³-hybridized carbons (Fsp3) is 0.800. The summed E-state index contributed by atoms with van der Waals surface area (Å²) in [6.45, 7) is 0.876. The standard InChI is InChI=1S/C10H16O2/c1-2-5-9(6-3-1)12-10-7-4-8-11-10/h2,5,9-10H,1,3-4,6-8H2/t9-,10+/m1/s1. The Hall–Kier alpha value is -0.340.